The zero-order valence-corrected chi connectivity index (χ0v) is 11.5. The first kappa shape index (κ1) is 13.2. The van der Waals surface area contributed by atoms with Crippen LogP contribution in [0.2, 0.25) is 5.02 Å². The van der Waals surface area contributed by atoms with Gasteiger partial charge in [-0.05, 0) is 24.1 Å². The van der Waals surface area contributed by atoms with Gasteiger partial charge < -0.3 is 5.73 Å². The van der Waals surface area contributed by atoms with Crippen LogP contribution in [0, 0.1) is 6.92 Å². The number of thiazole rings is 1. The van der Waals surface area contributed by atoms with Crippen molar-refractivity contribution in [2.75, 3.05) is 0 Å². The smallest absolute Gasteiger partial charge is 0.186 e. The molecule has 0 radical (unpaired) electrons. The number of carbonyl (C=O) groups excluding carboxylic acids is 1. The predicted molar refractivity (Wildman–Crippen MR) is 74.2 cm³/mol. The molecule has 0 aliphatic heterocycles. The number of nitrogens with zero attached hydrogens (tertiary/aromatic N) is 1. The minimum absolute atomic E-state index is 0.0308. The molecule has 1 aromatic heterocycles. The fraction of sp³-hybridized carbons (Fsp3) is 0.231. The molecule has 3 nitrogen and oxygen atoms in total. The summed E-state index contributed by atoms with van der Waals surface area (Å²) in [6.07, 6.45) is 0.271. The van der Waals surface area contributed by atoms with Crippen molar-refractivity contribution < 1.29 is 4.79 Å². The second-order valence-corrected chi connectivity index (χ2v) is 5.38. The van der Waals surface area contributed by atoms with Crippen molar-refractivity contribution in [3.05, 3.63) is 50.4 Å². The molecule has 1 aromatic carbocycles. The number of hydrogen-bond acceptors (Lipinski definition) is 4. The lowest BCUT2D eigenvalue weighted by molar-refractivity contribution is 0.0988. The highest BCUT2D eigenvalue weighted by Crippen LogP contribution is 2.20. The SMILES string of the molecule is Cc1ccc(CC(=O)c2csc(CN)n2)c(Cl)c1. The van der Waals surface area contributed by atoms with Crippen LogP contribution in [0.3, 0.4) is 0 Å². The molecule has 0 saturated heterocycles. The van der Waals surface area contributed by atoms with E-state index in [0.717, 1.165) is 16.1 Å². The quantitative estimate of drug-likeness (QED) is 0.876. The van der Waals surface area contributed by atoms with Crippen LogP contribution in [-0.4, -0.2) is 10.8 Å². The van der Waals surface area contributed by atoms with Gasteiger partial charge in [-0.1, -0.05) is 23.7 Å². The Balaban J connectivity index is 2.16. The number of rotatable bonds is 4. The van der Waals surface area contributed by atoms with E-state index in [-0.39, 0.29) is 12.2 Å². The molecule has 0 spiro atoms. The standard InChI is InChI=1S/C13H13ClN2OS/c1-8-2-3-9(10(14)4-8)5-12(17)11-7-18-13(6-15)16-11/h2-4,7H,5-6,15H2,1H3. The van der Waals surface area contributed by atoms with Crippen molar-refractivity contribution >= 4 is 28.7 Å². The lowest BCUT2D eigenvalue weighted by Gasteiger charge is -2.03. The Kier molecular flexibility index (Phi) is 4.11. The third-order valence-electron chi connectivity index (χ3n) is 2.57. The number of benzene rings is 1. The van der Waals surface area contributed by atoms with Crippen LogP contribution >= 0.6 is 22.9 Å². The fourth-order valence-corrected chi connectivity index (χ4v) is 2.57. The van der Waals surface area contributed by atoms with Gasteiger partial charge in [0, 0.05) is 23.4 Å². The number of halogens is 1. The van der Waals surface area contributed by atoms with E-state index in [2.05, 4.69) is 4.98 Å². The Morgan fingerprint density at radius 2 is 2.28 bits per heavy atom. The van der Waals surface area contributed by atoms with E-state index in [0.29, 0.717) is 17.3 Å². The van der Waals surface area contributed by atoms with Gasteiger partial charge in [0.05, 0.1) is 0 Å². The van der Waals surface area contributed by atoms with Gasteiger partial charge in [-0.25, -0.2) is 4.98 Å². The summed E-state index contributed by atoms with van der Waals surface area (Å²) in [5, 5.41) is 3.14. The number of aromatic nitrogens is 1. The lowest BCUT2D eigenvalue weighted by Crippen LogP contribution is -2.05. The molecule has 2 N–H and O–H groups in total. The highest BCUT2D eigenvalue weighted by molar-refractivity contribution is 7.09. The summed E-state index contributed by atoms with van der Waals surface area (Å²) < 4.78 is 0. The number of hydrogen-bond donors (Lipinski definition) is 1. The molecule has 0 saturated carbocycles. The van der Waals surface area contributed by atoms with Crippen LogP contribution in [0.15, 0.2) is 23.6 Å². The Morgan fingerprint density at radius 1 is 1.50 bits per heavy atom. The number of Topliss-reactive ketones (excluding diaryl/α,β-unsaturated/α-hetero) is 1. The van der Waals surface area contributed by atoms with Crippen LogP contribution in [0.4, 0.5) is 0 Å². The summed E-state index contributed by atoms with van der Waals surface area (Å²) in [5.41, 5.74) is 7.85. The molecule has 0 unspecified atom stereocenters. The molecule has 2 rings (SSSR count). The summed E-state index contributed by atoms with van der Waals surface area (Å²) in [7, 11) is 0. The summed E-state index contributed by atoms with van der Waals surface area (Å²) in [5.74, 6) is -0.0308. The third-order valence-corrected chi connectivity index (χ3v) is 3.79. The number of aryl methyl sites for hydroxylation is 1. The average molecular weight is 281 g/mol. The van der Waals surface area contributed by atoms with E-state index < -0.39 is 0 Å². The Hall–Kier alpha value is -1.23. The van der Waals surface area contributed by atoms with Gasteiger partial charge in [0.15, 0.2) is 5.78 Å². The van der Waals surface area contributed by atoms with Gasteiger partial charge in [0.2, 0.25) is 0 Å². The topological polar surface area (TPSA) is 56.0 Å². The fourth-order valence-electron chi connectivity index (χ4n) is 1.59. The van der Waals surface area contributed by atoms with Crippen LogP contribution in [0.25, 0.3) is 0 Å². The molecule has 5 heteroatoms. The van der Waals surface area contributed by atoms with Crippen molar-refractivity contribution in [1.82, 2.24) is 4.98 Å². The van der Waals surface area contributed by atoms with Gasteiger partial charge in [-0.2, -0.15) is 0 Å². The number of nitrogens with two attached hydrogens (primary N) is 1. The molecule has 0 amide bonds. The van der Waals surface area contributed by atoms with Crippen molar-refractivity contribution in [2.45, 2.75) is 19.9 Å². The van der Waals surface area contributed by atoms with Gasteiger partial charge >= 0.3 is 0 Å². The Labute approximate surface area is 115 Å². The highest BCUT2D eigenvalue weighted by atomic mass is 35.5. The molecule has 0 bridgehead atoms. The molecular formula is C13H13ClN2OS. The van der Waals surface area contributed by atoms with Crippen LogP contribution in [-0.2, 0) is 13.0 Å². The Morgan fingerprint density at radius 3 is 2.89 bits per heavy atom. The minimum atomic E-state index is -0.0308. The van der Waals surface area contributed by atoms with Gasteiger partial charge in [-0.3, -0.25) is 4.79 Å². The van der Waals surface area contributed by atoms with E-state index in [1.807, 2.05) is 25.1 Å². The molecule has 94 valence electrons. The molecular weight excluding hydrogens is 268 g/mol. The number of ketones is 1. The molecule has 0 fully saturated rings. The summed E-state index contributed by atoms with van der Waals surface area (Å²) in [6.45, 7) is 2.33. The van der Waals surface area contributed by atoms with Crippen molar-refractivity contribution in [1.29, 1.82) is 0 Å². The average Bonchev–Trinajstić information content (AvgIpc) is 2.81. The molecule has 0 aliphatic rings. The molecule has 18 heavy (non-hydrogen) atoms. The van der Waals surface area contributed by atoms with Gasteiger partial charge in [-0.15, -0.1) is 11.3 Å². The second kappa shape index (κ2) is 5.61. The van der Waals surface area contributed by atoms with Gasteiger partial charge in [0.25, 0.3) is 0 Å². The number of carbonyl (C=O) groups is 1. The van der Waals surface area contributed by atoms with E-state index in [4.69, 9.17) is 17.3 Å². The Bertz CT molecular complexity index is 580. The highest BCUT2D eigenvalue weighted by Gasteiger charge is 2.13. The maximum atomic E-state index is 12.0. The molecule has 0 atom stereocenters. The maximum absolute atomic E-state index is 12.0. The first-order valence-electron chi connectivity index (χ1n) is 5.53. The van der Waals surface area contributed by atoms with E-state index >= 15 is 0 Å². The molecule has 0 aliphatic carbocycles. The summed E-state index contributed by atoms with van der Waals surface area (Å²) >= 11 is 7.51. The maximum Gasteiger partial charge on any atom is 0.186 e. The zero-order valence-electron chi connectivity index (χ0n) is 9.94. The van der Waals surface area contributed by atoms with E-state index in [1.54, 1.807) is 5.38 Å². The normalized spacial score (nSPS) is 10.6. The van der Waals surface area contributed by atoms with Crippen molar-refractivity contribution in [2.24, 2.45) is 5.73 Å². The van der Waals surface area contributed by atoms with Gasteiger partial charge in [0.1, 0.15) is 10.7 Å². The summed E-state index contributed by atoms with van der Waals surface area (Å²) in [4.78, 5) is 16.2. The van der Waals surface area contributed by atoms with Crippen molar-refractivity contribution in [3.63, 3.8) is 0 Å². The zero-order chi connectivity index (χ0) is 13.1. The third kappa shape index (κ3) is 2.96. The predicted octanol–water partition coefficient (Wildman–Crippen LogP) is 2.99. The van der Waals surface area contributed by atoms with E-state index in [9.17, 15) is 4.79 Å². The molecule has 1 heterocycles. The second-order valence-electron chi connectivity index (χ2n) is 4.03. The largest absolute Gasteiger partial charge is 0.325 e. The monoisotopic (exact) mass is 280 g/mol. The van der Waals surface area contributed by atoms with E-state index in [1.165, 1.54) is 11.3 Å². The van der Waals surface area contributed by atoms with Crippen LogP contribution in [0.5, 0.6) is 0 Å². The van der Waals surface area contributed by atoms with Crippen LogP contribution in [0.1, 0.15) is 26.6 Å². The lowest BCUT2D eigenvalue weighted by atomic mass is 10.1. The first-order valence-corrected chi connectivity index (χ1v) is 6.78. The summed E-state index contributed by atoms with van der Waals surface area (Å²) in [6, 6.07) is 5.68. The van der Waals surface area contributed by atoms with Crippen LogP contribution < -0.4 is 5.73 Å². The minimum Gasteiger partial charge on any atom is -0.325 e. The molecule has 2 aromatic rings. The van der Waals surface area contributed by atoms with Crippen molar-refractivity contribution in [3.8, 4) is 0 Å². The first-order chi connectivity index (χ1) is 8.60.